The van der Waals surface area contributed by atoms with E-state index in [2.05, 4.69) is 24.0 Å². The van der Waals surface area contributed by atoms with Crippen molar-refractivity contribution in [3.63, 3.8) is 0 Å². The van der Waals surface area contributed by atoms with Gasteiger partial charge in [0.05, 0.1) is 4.90 Å². The third kappa shape index (κ3) is 3.84. The fourth-order valence-corrected chi connectivity index (χ4v) is 5.73. The van der Waals surface area contributed by atoms with Crippen LogP contribution in [-0.4, -0.2) is 32.6 Å². The highest BCUT2D eigenvalue weighted by atomic mass is 32.2. The molecule has 0 spiro atoms. The van der Waals surface area contributed by atoms with Gasteiger partial charge in [0, 0.05) is 28.4 Å². The quantitative estimate of drug-likeness (QED) is 0.868. The van der Waals surface area contributed by atoms with Gasteiger partial charge in [0.1, 0.15) is 0 Å². The number of hydrazine groups is 1. The van der Waals surface area contributed by atoms with E-state index in [0.29, 0.717) is 11.4 Å². The number of piperidine rings is 1. The molecule has 1 aliphatic rings. The number of nitrogens with one attached hydrogen (secondary N) is 2. The molecule has 2 N–H and O–H groups in total. The predicted octanol–water partition coefficient (Wildman–Crippen LogP) is 2.23. The Morgan fingerprint density at radius 2 is 1.95 bits per heavy atom. The van der Waals surface area contributed by atoms with Gasteiger partial charge in [-0.2, -0.15) is 0 Å². The van der Waals surface area contributed by atoms with Crippen LogP contribution in [0.2, 0.25) is 0 Å². The summed E-state index contributed by atoms with van der Waals surface area (Å²) in [6, 6.07) is 2.25. The Morgan fingerprint density at radius 3 is 2.52 bits per heavy atom. The molecule has 0 amide bonds. The third-order valence-electron chi connectivity index (χ3n) is 3.98. The molecular weight excluding hydrogens is 306 g/mol. The molecule has 1 aromatic rings. The fraction of sp³-hybridized carbons (Fsp3) is 0.714. The molecule has 5 nitrogen and oxygen atoms in total. The number of hydrogen-bond acceptors (Lipinski definition) is 5. The predicted molar refractivity (Wildman–Crippen MR) is 86.8 cm³/mol. The van der Waals surface area contributed by atoms with E-state index < -0.39 is 10.0 Å². The van der Waals surface area contributed by atoms with E-state index in [1.807, 2.05) is 19.0 Å². The molecule has 1 fully saturated rings. The summed E-state index contributed by atoms with van der Waals surface area (Å²) in [7, 11) is -1.64. The van der Waals surface area contributed by atoms with Gasteiger partial charge in [-0.15, -0.1) is 16.2 Å². The topological polar surface area (TPSA) is 61.4 Å². The van der Waals surface area contributed by atoms with E-state index in [1.54, 1.807) is 6.07 Å². The molecule has 2 rings (SSSR count). The zero-order chi connectivity index (χ0) is 15.6. The Morgan fingerprint density at radius 1 is 1.33 bits per heavy atom. The second kappa shape index (κ2) is 6.75. The summed E-state index contributed by atoms with van der Waals surface area (Å²) in [6.07, 6.45) is 3.21. The molecule has 0 saturated carbocycles. The maximum atomic E-state index is 12.7. The van der Waals surface area contributed by atoms with Crippen LogP contribution in [0.1, 0.15) is 42.9 Å². The summed E-state index contributed by atoms with van der Waals surface area (Å²) in [5, 5.41) is 4.95. The Balaban J connectivity index is 2.21. The maximum absolute atomic E-state index is 12.7. The zero-order valence-electron chi connectivity index (χ0n) is 13.1. The van der Waals surface area contributed by atoms with Gasteiger partial charge in [-0.05, 0) is 46.7 Å². The second-order valence-electron chi connectivity index (χ2n) is 5.79. The van der Waals surface area contributed by atoms with Crippen LogP contribution >= 0.6 is 11.3 Å². The number of thiophene rings is 1. The number of aryl methyl sites for hydroxylation is 1. The Labute approximate surface area is 131 Å². The van der Waals surface area contributed by atoms with Crippen LogP contribution in [0.15, 0.2) is 11.0 Å². The lowest BCUT2D eigenvalue weighted by atomic mass is 10.0. The minimum absolute atomic E-state index is 0.235. The van der Waals surface area contributed by atoms with E-state index >= 15 is 0 Å². The van der Waals surface area contributed by atoms with Crippen LogP contribution < -0.4 is 10.1 Å². The first-order valence-corrected chi connectivity index (χ1v) is 9.70. The van der Waals surface area contributed by atoms with Crippen LogP contribution in [0.3, 0.4) is 0 Å². The molecule has 0 bridgehead atoms. The summed E-state index contributed by atoms with van der Waals surface area (Å²) in [6.45, 7) is 6.70. The highest BCUT2D eigenvalue weighted by molar-refractivity contribution is 7.89. The highest BCUT2D eigenvalue weighted by Crippen LogP contribution is 2.27. The van der Waals surface area contributed by atoms with Crippen molar-refractivity contribution < 1.29 is 8.42 Å². The van der Waals surface area contributed by atoms with Crippen LogP contribution in [0.4, 0.5) is 0 Å². The van der Waals surface area contributed by atoms with E-state index in [9.17, 15) is 8.42 Å². The molecule has 1 aliphatic heterocycles. The van der Waals surface area contributed by atoms with Crippen LogP contribution in [0.25, 0.3) is 0 Å². The van der Waals surface area contributed by atoms with Crippen molar-refractivity contribution in [2.75, 3.05) is 7.05 Å². The van der Waals surface area contributed by atoms with E-state index in [4.69, 9.17) is 0 Å². The Kier molecular flexibility index (Phi) is 5.43. The van der Waals surface area contributed by atoms with Gasteiger partial charge in [-0.1, -0.05) is 6.42 Å². The summed E-state index contributed by atoms with van der Waals surface area (Å²) in [5.74, 6) is 0. The molecule has 0 aliphatic carbocycles. The Hall–Kier alpha value is -0.470. The van der Waals surface area contributed by atoms with Crippen molar-refractivity contribution in [2.24, 2.45) is 0 Å². The van der Waals surface area contributed by atoms with Gasteiger partial charge < -0.3 is 5.32 Å². The summed E-state index contributed by atoms with van der Waals surface area (Å²) >= 11 is 1.53. The zero-order valence-corrected chi connectivity index (χ0v) is 14.8. The Bertz CT molecular complexity index is 573. The molecule has 2 atom stereocenters. The van der Waals surface area contributed by atoms with Crippen molar-refractivity contribution in [3.8, 4) is 0 Å². The number of sulfonamides is 1. The van der Waals surface area contributed by atoms with Gasteiger partial charge in [-0.25, -0.2) is 13.4 Å². The minimum atomic E-state index is -3.50. The molecule has 1 saturated heterocycles. The van der Waals surface area contributed by atoms with Gasteiger partial charge in [0.25, 0.3) is 10.0 Å². The van der Waals surface area contributed by atoms with Crippen molar-refractivity contribution in [2.45, 2.75) is 63.6 Å². The van der Waals surface area contributed by atoms with Crippen molar-refractivity contribution in [1.82, 2.24) is 15.2 Å². The number of nitrogens with zero attached hydrogens (tertiary/aromatic N) is 1. The van der Waals surface area contributed by atoms with Crippen molar-refractivity contribution in [1.29, 1.82) is 0 Å². The molecule has 21 heavy (non-hydrogen) atoms. The first-order chi connectivity index (χ1) is 9.85. The molecule has 2 heterocycles. The fourth-order valence-electron chi connectivity index (χ4n) is 2.84. The molecule has 120 valence electrons. The minimum Gasteiger partial charge on any atom is -0.315 e. The highest BCUT2D eigenvalue weighted by Gasteiger charge is 2.30. The lowest BCUT2D eigenvalue weighted by molar-refractivity contribution is 0.0790. The van der Waals surface area contributed by atoms with E-state index in [0.717, 1.165) is 29.0 Å². The van der Waals surface area contributed by atoms with Crippen LogP contribution in [0, 0.1) is 6.92 Å². The number of hydrogen-bond donors (Lipinski definition) is 2. The van der Waals surface area contributed by atoms with Gasteiger partial charge in [0.2, 0.25) is 0 Å². The molecular formula is C14H25N3O2S2. The SMILES string of the molecule is CNCc1cc(S(=O)(=O)NN2C(C)CCCC2C)c(C)s1. The average molecular weight is 332 g/mol. The lowest BCUT2D eigenvalue weighted by Crippen LogP contribution is -2.53. The normalized spacial score (nSPS) is 24.4. The molecule has 1 aromatic heterocycles. The van der Waals surface area contributed by atoms with E-state index in [1.165, 1.54) is 11.3 Å². The smallest absolute Gasteiger partial charge is 0.254 e. The molecule has 0 radical (unpaired) electrons. The van der Waals surface area contributed by atoms with Crippen molar-refractivity contribution in [3.05, 3.63) is 15.8 Å². The average Bonchev–Trinajstić information content (AvgIpc) is 2.76. The summed E-state index contributed by atoms with van der Waals surface area (Å²) in [5.41, 5.74) is 0. The van der Waals surface area contributed by atoms with Crippen LogP contribution in [0.5, 0.6) is 0 Å². The third-order valence-corrected chi connectivity index (χ3v) is 6.62. The van der Waals surface area contributed by atoms with Gasteiger partial charge >= 0.3 is 0 Å². The first-order valence-electron chi connectivity index (χ1n) is 7.40. The van der Waals surface area contributed by atoms with Gasteiger partial charge in [-0.3, -0.25) is 0 Å². The summed E-state index contributed by atoms with van der Waals surface area (Å²) in [4.78, 5) is 5.08. The summed E-state index contributed by atoms with van der Waals surface area (Å²) < 4.78 is 25.3. The molecule has 0 aromatic carbocycles. The molecule has 7 heteroatoms. The lowest BCUT2D eigenvalue weighted by Gasteiger charge is -2.38. The second-order valence-corrected chi connectivity index (χ2v) is 8.76. The van der Waals surface area contributed by atoms with Gasteiger partial charge in [0.15, 0.2) is 0 Å². The standard InChI is InChI=1S/C14H25N3O2S2/c1-10-6-5-7-11(2)17(10)16-21(18,19)14-8-13(9-15-4)20-12(14)3/h8,10-11,15-16H,5-7,9H2,1-4H3. The largest absolute Gasteiger partial charge is 0.315 e. The number of rotatable bonds is 5. The van der Waals surface area contributed by atoms with Crippen molar-refractivity contribution >= 4 is 21.4 Å². The maximum Gasteiger partial charge on any atom is 0.254 e. The molecule has 2 unspecified atom stereocenters. The van der Waals surface area contributed by atoms with E-state index in [-0.39, 0.29) is 12.1 Å². The first kappa shape index (κ1) is 16.9. The van der Waals surface area contributed by atoms with Crippen LogP contribution in [-0.2, 0) is 16.6 Å². The monoisotopic (exact) mass is 331 g/mol.